The number of nitrogens with zero attached hydrogens (tertiary/aromatic N) is 1. The van der Waals surface area contributed by atoms with E-state index in [1.165, 1.54) is 0 Å². The summed E-state index contributed by atoms with van der Waals surface area (Å²) in [6.07, 6.45) is 0. The number of hydrogen-bond donors (Lipinski definition) is 0. The second-order valence-electron chi connectivity index (χ2n) is 3.46. The van der Waals surface area contributed by atoms with E-state index in [0.29, 0.717) is 13.8 Å². The van der Waals surface area contributed by atoms with Gasteiger partial charge in [0, 0.05) is 0 Å². The van der Waals surface area contributed by atoms with Crippen LogP contribution in [0.3, 0.4) is 0 Å². The zero-order chi connectivity index (χ0) is 15.6. The van der Waals surface area contributed by atoms with E-state index in [1.807, 2.05) is 0 Å². The molecule has 0 aliphatic carbocycles. The molecule has 0 fully saturated rings. The van der Waals surface area contributed by atoms with Gasteiger partial charge in [-0.3, -0.25) is 0 Å². The third-order valence-electron chi connectivity index (χ3n) is 2.11. The van der Waals surface area contributed by atoms with Crippen molar-refractivity contribution in [3.8, 4) is 0 Å². The molecule has 0 aliphatic heterocycles. The molecule has 16 heteroatoms. The summed E-state index contributed by atoms with van der Waals surface area (Å²) in [6, 6.07) is 0. The predicted octanol–water partition coefficient (Wildman–Crippen LogP) is -10.6. The van der Waals surface area contributed by atoms with Gasteiger partial charge in [-0.2, -0.15) is 12.7 Å². The second kappa shape index (κ2) is 13.7. The van der Waals surface area contributed by atoms with E-state index in [0.717, 1.165) is 6.92 Å². The zero-order valence-corrected chi connectivity index (χ0v) is 25.0. The van der Waals surface area contributed by atoms with Gasteiger partial charge >= 0.3 is 154 Å². The Bertz CT molecular complexity index is 579. The zero-order valence-electron chi connectivity index (χ0n) is 13.2. The standard InChI is InChI=1S/C6H15NO9S3.3K/c1-4-17(8,9)16-7(5(2)18(10,11)12)6(3)19(13,14)15;;;/h5-6H,4H2,1-3H3,(H,10,11,12)(H,13,14,15);;;/q;3*+1/p-2. The number of hydrogen-bond acceptors (Lipinski definition) is 10. The summed E-state index contributed by atoms with van der Waals surface area (Å²) in [5, 5.41) is -4.50. The summed E-state index contributed by atoms with van der Waals surface area (Å²) in [5.74, 6) is -0.610. The molecule has 0 radical (unpaired) electrons. The largest absolute Gasteiger partial charge is 1.00 e. The van der Waals surface area contributed by atoms with E-state index >= 15 is 0 Å². The third-order valence-corrected chi connectivity index (χ3v) is 5.30. The Kier molecular flexibility index (Phi) is 21.3. The Hall–Kier alpha value is 4.60. The summed E-state index contributed by atoms with van der Waals surface area (Å²) >= 11 is 0. The van der Waals surface area contributed by atoms with Gasteiger partial charge < -0.3 is 9.11 Å². The first kappa shape index (κ1) is 34.1. The molecule has 2 unspecified atom stereocenters. The van der Waals surface area contributed by atoms with Crippen LogP contribution in [0, 0.1) is 0 Å². The van der Waals surface area contributed by atoms with Gasteiger partial charge in [0.15, 0.2) is 0 Å². The molecule has 0 aliphatic rings. The van der Waals surface area contributed by atoms with E-state index in [9.17, 15) is 34.4 Å². The molecular formula is C6H13K3NO9S3+. The van der Waals surface area contributed by atoms with E-state index in [2.05, 4.69) is 4.28 Å². The fourth-order valence-electron chi connectivity index (χ4n) is 0.855. The molecule has 0 N–H and O–H groups in total. The smallest absolute Gasteiger partial charge is 0.747 e. The maximum atomic E-state index is 11.2. The van der Waals surface area contributed by atoms with Gasteiger partial charge in [0.25, 0.3) is 10.1 Å². The molecule has 0 amide bonds. The third kappa shape index (κ3) is 12.9. The molecule has 0 aromatic carbocycles. The van der Waals surface area contributed by atoms with Gasteiger partial charge in [-0.1, -0.05) is 0 Å². The summed E-state index contributed by atoms with van der Waals surface area (Å²) < 4.78 is 91.5. The van der Waals surface area contributed by atoms with Crippen molar-refractivity contribution in [3.63, 3.8) is 0 Å². The molecule has 0 spiro atoms. The van der Waals surface area contributed by atoms with Crippen LogP contribution in [-0.2, 0) is 34.6 Å². The van der Waals surface area contributed by atoms with Crippen LogP contribution in [0.2, 0.25) is 0 Å². The average Bonchev–Trinajstić information content (AvgIpc) is 2.21. The first-order chi connectivity index (χ1) is 8.22. The minimum Gasteiger partial charge on any atom is -0.747 e. The van der Waals surface area contributed by atoms with Crippen molar-refractivity contribution < 1.29 is 193 Å². The first-order valence-electron chi connectivity index (χ1n) is 4.82. The average molecular weight is 457 g/mol. The van der Waals surface area contributed by atoms with Gasteiger partial charge in [-0.05, 0) is 20.8 Å². The Morgan fingerprint density at radius 2 is 1.14 bits per heavy atom. The molecular weight excluding hydrogens is 444 g/mol. The summed E-state index contributed by atoms with van der Waals surface area (Å²) in [6.45, 7) is 2.55. The fourth-order valence-corrected chi connectivity index (χ4v) is 2.63. The van der Waals surface area contributed by atoms with Crippen LogP contribution in [0.4, 0.5) is 0 Å². The summed E-state index contributed by atoms with van der Waals surface area (Å²) in [4.78, 5) is 0. The molecule has 0 saturated carbocycles. The molecule has 0 aromatic rings. The van der Waals surface area contributed by atoms with Crippen molar-refractivity contribution in [1.29, 1.82) is 0 Å². The van der Waals surface area contributed by atoms with Crippen LogP contribution in [0.25, 0.3) is 0 Å². The monoisotopic (exact) mass is 456 g/mol. The van der Waals surface area contributed by atoms with Gasteiger partial charge in [-0.25, -0.2) is 16.8 Å². The topological polar surface area (TPSA) is 161 Å². The predicted molar refractivity (Wildman–Crippen MR) is 60.7 cm³/mol. The van der Waals surface area contributed by atoms with Crippen molar-refractivity contribution in [2.45, 2.75) is 31.5 Å². The minimum atomic E-state index is -5.10. The normalized spacial score (nSPS) is 15.0. The van der Waals surface area contributed by atoms with Crippen LogP contribution in [0.5, 0.6) is 0 Å². The van der Waals surface area contributed by atoms with Gasteiger partial charge in [0.1, 0.15) is 31.0 Å². The quantitative estimate of drug-likeness (QED) is 0.204. The fraction of sp³-hybridized carbons (Fsp3) is 1.00. The molecule has 0 heterocycles. The van der Waals surface area contributed by atoms with Crippen molar-refractivity contribution in [2.75, 3.05) is 5.75 Å². The van der Waals surface area contributed by atoms with Crippen molar-refractivity contribution in [2.24, 2.45) is 0 Å². The Morgan fingerprint density at radius 1 is 0.864 bits per heavy atom. The molecule has 116 valence electrons. The van der Waals surface area contributed by atoms with Crippen molar-refractivity contribution in [3.05, 3.63) is 0 Å². The van der Waals surface area contributed by atoms with Crippen LogP contribution in [0.15, 0.2) is 0 Å². The molecule has 22 heavy (non-hydrogen) atoms. The Balaban J connectivity index is -0.000000540. The Morgan fingerprint density at radius 3 is 1.32 bits per heavy atom. The van der Waals surface area contributed by atoms with Crippen LogP contribution < -0.4 is 154 Å². The SMILES string of the molecule is CCS(=O)(=O)ON(C(C)S(=O)(=O)[O-])C(C)S(=O)(=O)[O-].[K+].[K+].[K+]. The van der Waals surface area contributed by atoms with E-state index in [1.54, 1.807) is 0 Å². The summed E-state index contributed by atoms with van der Waals surface area (Å²) in [5.41, 5.74) is 0. The van der Waals surface area contributed by atoms with Gasteiger partial charge in [0.2, 0.25) is 0 Å². The Labute approximate surface area is 258 Å². The molecule has 0 bridgehead atoms. The van der Waals surface area contributed by atoms with Crippen LogP contribution in [0.1, 0.15) is 20.8 Å². The number of hydroxylamine groups is 2. The summed E-state index contributed by atoms with van der Waals surface area (Å²) in [7, 11) is -14.5. The van der Waals surface area contributed by atoms with Gasteiger partial charge in [0.05, 0.1) is 5.75 Å². The van der Waals surface area contributed by atoms with Crippen LogP contribution in [-0.4, -0.2) is 55.9 Å². The molecule has 0 saturated heterocycles. The van der Waals surface area contributed by atoms with Gasteiger partial charge in [-0.15, -0.1) is 5.06 Å². The molecule has 0 rings (SSSR count). The molecule has 0 aromatic heterocycles. The number of rotatable bonds is 7. The molecule has 2 atom stereocenters. The van der Waals surface area contributed by atoms with Crippen molar-refractivity contribution >= 4 is 30.4 Å². The first-order valence-corrected chi connectivity index (χ1v) is 9.34. The van der Waals surface area contributed by atoms with Crippen LogP contribution >= 0.6 is 0 Å². The van der Waals surface area contributed by atoms with Crippen molar-refractivity contribution in [1.82, 2.24) is 5.06 Å². The van der Waals surface area contributed by atoms with E-state index < -0.39 is 46.9 Å². The maximum absolute atomic E-state index is 11.2. The second-order valence-corrected chi connectivity index (χ2v) is 8.64. The van der Waals surface area contributed by atoms with E-state index in [4.69, 9.17) is 0 Å². The van der Waals surface area contributed by atoms with E-state index in [-0.39, 0.29) is 159 Å². The molecule has 10 nitrogen and oxygen atoms in total. The maximum Gasteiger partial charge on any atom is 1.00 e. The minimum absolute atomic E-state index is 0.